The number of carboxylic acids is 4. The van der Waals surface area contributed by atoms with E-state index in [1.165, 1.54) is 81.1 Å². The summed E-state index contributed by atoms with van der Waals surface area (Å²) in [5.74, 6) is -19.9. The average Bonchev–Trinajstić information content (AvgIpc) is 0.745. The summed E-state index contributed by atoms with van der Waals surface area (Å²) in [7, 11) is 10.8. The molecule has 12 N–H and O–H groups in total. The van der Waals surface area contributed by atoms with Gasteiger partial charge in [0, 0.05) is 118 Å². The lowest BCUT2D eigenvalue weighted by molar-refractivity contribution is -0.143. The van der Waals surface area contributed by atoms with Gasteiger partial charge in [0.1, 0.15) is 94.3 Å². The van der Waals surface area contributed by atoms with Crippen LogP contribution in [0.25, 0.3) is 0 Å². The monoisotopic (exact) mass is 1680 g/mol. The van der Waals surface area contributed by atoms with Gasteiger partial charge in [-0.3, -0.25) is 38.4 Å². The summed E-state index contributed by atoms with van der Waals surface area (Å²) in [6.07, 6.45) is -2.26. The number of carbonyl (C=O) groups excluding carboxylic acids is 8. The van der Waals surface area contributed by atoms with E-state index in [0.29, 0.717) is 0 Å². The second-order valence-corrected chi connectivity index (χ2v) is 33.6. The minimum atomic E-state index is -1.36. The molecule has 1 aliphatic carbocycles. The second kappa shape index (κ2) is 45.4. The third-order valence-corrected chi connectivity index (χ3v) is 21.2. The van der Waals surface area contributed by atoms with Gasteiger partial charge >= 0.3 is 23.9 Å². The Hall–Kier alpha value is -11.1. The zero-order valence-electron chi connectivity index (χ0n) is 73.8. The number of hydrogen-bond acceptors (Lipinski definition) is 20. The molecule has 0 heterocycles. The van der Waals surface area contributed by atoms with Crippen molar-refractivity contribution in [3.63, 3.8) is 0 Å². The number of amides is 8. The molecule has 8 atom stereocenters. The van der Waals surface area contributed by atoms with E-state index in [1.54, 1.807) is 135 Å². The van der Waals surface area contributed by atoms with Crippen molar-refractivity contribution >= 4 is 71.1 Å². The average molecular weight is 1680 g/mol. The number of hydrogen-bond donors (Lipinski definition) is 12. The summed E-state index contributed by atoms with van der Waals surface area (Å²) < 4.78 is 50.7. The molecule has 0 unspecified atom stereocenters. The maximum absolute atomic E-state index is 15.7. The van der Waals surface area contributed by atoms with Crippen molar-refractivity contribution in [3.8, 4) is 46.0 Å². The molecule has 0 saturated carbocycles. The third-order valence-electron chi connectivity index (χ3n) is 21.2. The Morgan fingerprint density at radius 3 is 0.500 bits per heavy atom. The van der Waals surface area contributed by atoms with Gasteiger partial charge in [0.15, 0.2) is 0 Å². The topological polar surface area (TPSA) is 456 Å². The number of rotatable bonds is 44. The standard InChI is InChI=1S/C88H128N8O24/c1-41(2)25-61(85(105)106)89-81(101)77(45(9)10)93-73(97)33-49-53-29-55(67(115-19)37-65(53)113-17)50(34-74(98)94-78(46(11)12)82(102)90-62(86(107)108)26-42(3)4)57-31-59(71(119-23)39-69(57)117-21)52(36-76(100)96-80(48(15)16)84(104)92-64(88(111)112)28-44(7)8)60-32-58(70(118-22)40-72(60)120-24)51(56-30-54(49)66(114-18)38-68(56)116-20)35-75(99)95-79(47(13)14)83(103)91-63(87(109)110)27-43(5)6/h29-32,37-52,61-64,77-80H,25-28,33-36H2,1-24H3,(H,89,101)(H,90,102)(H,91,103)(H,92,104)(H,93,97)(H,94,98)(H,95,99)(H,96,100)(H,105,106)(H,107,108)(H,109,110)(H,111,112)/t49?,50?,51?,52?,61-,62-,63-,64-,77-,78-,79-,80-/m0/s1. The molecule has 8 amide bonds. The molecular weight excluding hydrogens is 1550 g/mol. The normalized spacial score (nSPS) is 16.5. The van der Waals surface area contributed by atoms with Gasteiger partial charge in [-0.2, -0.15) is 0 Å². The predicted octanol–water partition coefficient (Wildman–Crippen LogP) is 9.18. The molecule has 1 aliphatic rings. The summed E-state index contributed by atoms with van der Waals surface area (Å²) in [5, 5.41) is 63.4. The third kappa shape index (κ3) is 26.5. The van der Waals surface area contributed by atoms with Gasteiger partial charge in [-0.05, 0) is 97.3 Å². The molecule has 120 heavy (non-hydrogen) atoms. The van der Waals surface area contributed by atoms with E-state index in [2.05, 4.69) is 42.5 Å². The lowest BCUT2D eigenvalue weighted by atomic mass is 9.77. The number of aliphatic carboxylic acids is 4. The molecule has 664 valence electrons. The van der Waals surface area contributed by atoms with Crippen molar-refractivity contribution in [2.75, 3.05) is 56.9 Å². The van der Waals surface area contributed by atoms with Crippen LogP contribution in [0.2, 0.25) is 0 Å². The highest BCUT2D eigenvalue weighted by molar-refractivity contribution is 5.94. The Morgan fingerprint density at radius 2 is 0.392 bits per heavy atom. The van der Waals surface area contributed by atoms with Crippen LogP contribution in [0.5, 0.6) is 46.0 Å². The first-order valence-electron chi connectivity index (χ1n) is 40.7. The first kappa shape index (κ1) is 99.5. The molecule has 0 radical (unpaired) electrons. The van der Waals surface area contributed by atoms with Crippen LogP contribution in [-0.4, -0.2) is 197 Å². The van der Waals surface area contributed by atoms with E-state index in [0.717, 1.165) is 0 Å². The molecule has 4 aromatic carbocycles. The number of fused-ring (bicyclic) bond motifs is 8. The van der Waals surface area contributed by atoms with Crippen LogP contribution in [0.3, 0.4) is 0 Å². The Bertz CT molecular complexity index is 3650. The summed E-state index contributed by atoms with van der Waals surface area (Å²) in [6, 6.07) is 1.74. The van der Waals surface area contributed by atoms with Crippen molar-refractivity contribution < 1.29 is 116 Å². The second-order valence-electron chi connectivity index (χ2n) is 33.6. The molecule has 32 nitrogen and oxygen atoms in total. The van der Waals surface area contributed by atoms with Gasteiger partial charge in [0.05, 0.1) is 56.9 Å². The van der Waals surface area contributed by atoms with Gasteiger partial charge in [0.2, 0.25) is 47.3 Å². The molecule has 4 aromatic rings. The highest BCUT2D eigenvalue weighted by Gasteiger charge is 2.42. The van der Waals surface area contributed by atoms with Crippen molar-refractivity contribution in [1.29, 1.82) is 0 Å². The number of ether oxygens (including phenoxy) is 8. The van der Waals surface area contributed by atoms with Crippen molar-refractivity contribution in [3.05, 3.63) is 93.0 Å². The molecule has 0 fully saturated rings. The number of carboxylic acid groups (broad SMARTS) is 4. The van der Waals surface area contributed by atoms with Crippen molar-refractivity contribution in [2.45, 2.75) is 234 Å². The van der Waals surface area contributed by atoms with E-state index >= 15 is 19.2 Å². The Kier molecular flexibility index (Phi) is 37.6. The van der Waals surface area contributed by atoms with Crippen molar-refractivity contribution in [2.24, 2.45) is 47.3 Å². The van der Waals surface area contributed by atoms with Gasteiger partial charge in [0.25, 0.3) is 0 Å². The maximum atomic E-state index is 15.7. The lowest BCUT2D eigenvalue weighted by Gasteiger charge is -2.32. The van der Waals surface area contributed by atoms with Gasteiger partial charge in [-0.25, -0.2) is 19.2 Å². The van der Waals surface area contributed by atoms with Crippen LogP contribution in [0.4, 0.5) is 0 Å². The van der Waals surface area contributed by atoms with Crippen LogP contribution in [0.1, 0.15) is 230 Å². The number of benzene rings is 4. The van der Waals surface area contributed by atoms with Gasteiger partial charge in [-0.15, -0.1) is 0 Å². The Morgan fingerprint density at radius 1 is 0.250 bits per heavy atom. The van der Waals surface area contributed by atoms with Gasteiger partial charge in [-0.1, -0.05) is 111 Å². The summed E-state index contributed by atoms with van der Waals surface area (Å²) in [6.45, 7) is 27.6. The highest BCUT2D eigenvalue weighted by atomic mass is 16.5. The molecule has 0 aliphatic heterocycles. The van der Waals surface area contributed by atoms with E-state index in [-0.39, 0.29) is 140 Å². The summed E-state index contributed by atoms with van der Waals surface area (Å²) >= 11 is 0. The minimum Gasteiger partial charge on any atom is -0.496 e. The zero-order valence-corrected chi connectivity index (χ0v) is 73.8. The van der Waals surface area contributed by atoms with E-state index in [1.807, 2.05) is 0 Å². The minimum absolute atomic E-state index is 0.0494. The predicted molar refractivity (Wildman–Crippen MR) is 447 cm³/mol. The smallest absolute Gasteiger partial charge is 0.326 e. The Balaban J connectivity index is 2.16. The van der Waals surface area contributed by atoms with Crippen LogP contribution < -0.4 is 80.4 Å². The summed E-state index contributed by atoms with van der Waals surface area (Å²) in [4.78, 5) is 172. The first-order valence-corrected chi connectivity index (χ1v) is 40.7. The fraction of sp³-hybridized carbons (Fsp3) is 0.591. The maximum Gasteiger partial charge on any atom is 0.326 e. The molecular formula is C88H128N8O24. The quantitative estimate of drug-likeness (QED) is 0.0196. The SMILES string of the molecule is COc1cc(OC)c2cc1C(CC(=O)N[C@H](C(=O)N[C@@H](CC(C)C)C(=O)O)C(C)C)c1cc(c(OC)cc1OC)C(CC(=O)N[C@H](C(=O)N[C@@H](CC(C)C)C(=O)O)C(C)C)c1cc(c(OC)cc1OC)C(CC(=O)N[C@H](C(=O)N[C@@H](CC(C)C)C(=O)O)C(C)C)c1cc(c(OC)cc1OC)C2CC(=O)N[C@H](C(=O)N[C@@H](CC(C)C)C(=O)O)C(C)C. The fourth-order valence-corrected chi connectivity index (χ4v) is 15.2. The Labute approximate surface area is 703 Å². The van der Waals surface area contributed by atoms with E-state index < -0.39 is 192 Å². The molecule has 5 rings (SSSR count). The number of methoxy groups -OCH3 is 8. The highest BCUT2D eigenvalue weighted by Crippen LogP contribution is 2.53. The molecule has 8 bridgehead atoms. The molecule has 0 saturated heterocycles. The largest absolute Gasteiger partial charge is 0.496 e. The number of carbonyl (C=O) groups is 12. The molecule has 32 heteroatoms. The van der Waals surface area contributed by atoms with Gasteiger partial charge < -0.3 is 101 Å². The molecule has 0 aromatic heterocycles. The fourth-order valence-electron chi connectivity index (χ4n) is 15.2. The molecule has 0 spiro atoms. The number of nitrogens with one attached hydrogen (secondary N) is 8. The van der Waals surface area contributed by atoms with Crippen LogP contribution >= 0.6 is 0 Å². The first-order chi connectivity index (χ1) is 56.3. The van der Waals surface area contributed by atoms with Crippen LogP contribution in [0.15, 0.2) is 48.5 Å². The van der Waals surface area contributed by atoms with E-state index in [9.17, 15) is 58.8 Å². The van der Waals surface area contributed by atoms with Crippen molar-refractivity contribution in [1.82, 2.24) is 42.5 Å². The lowest BCUT2D eigenvalue weighted by Crippen LogP contribution is -2.54. The van der Waals surface area contributed by atoms with E-state index in [4.69, 9.17) is 37.9 Å². The van der Waals surface area contributed by atoms with Crippen LogP contribution in [-0.2, 0) is 57.5 Å². The van der Waals surface area contributed by atoms with Crippen LogP contribution in [0, 0.1) is 47.3 Å². The zero-order chi connectivity index (χ0) is 90.3. The summed E-state index contributed by atoms with van der Waals surface area (Å²) in [5.41, 5.74) is 1.33.